The van der Waals surface area contributed by atoms with Gasteiger partial charge in [0.05, 0.1) is 0 Å². The van der Waals surface area contributed by atoms with Crippen molar-refractivity contribution in [2.75, 3.05) is 0 Å². The Labute approximate surface area is 58.9 Å². The smallest absolute Gasteiger partial charge is 0.330 e. The second-order valence-electron chi connectivity index (χ2n) is 1.79. The number of amides is 3. The van der Waals surface area contributed by atoms with Gasteiger partial charge in [-0.25, -0.2) is 10.2 Å². The predicted molar refractivity (Wildman–Crippen MR) is 35.8 cm³/mol. The Bertz CT molecular complexity index is 135. The van der Waals surface area contributed by atoms with Gasteiger partial charge in [0.2, 0.25) is 5.91 Å². The van der Waals surface area contributed by atoms with Crippen LogP contribution in [-0.4, -0.2) is 11.9 Å². The Kier molecular flexibility index (Phi) is 4.02. The first-order chi connectivity index (χ1) is 4.66. The number of hydrogen-bond donors (Lipinski definition) is 3. The Balaban J connectivity index is 3.30. The van der Waals surface area contributed by atoms with Gasteiger partial charge in [0.1, 0.15) is 0 Å². The summed E-state index contributed by atoms with van der Waals surface area (Å²) in [6.45, 7) is 1.86. The molecule has 0 atom stereocenters. The molecule has 0 aromatic heterocycles. The summed E-state index contributed by atoms with van der Waals surface area (Å²) >= 11 is 0. The lowest BCUT2D eigenvalue weighted by molar-refractivity contribution is -0.121. The van der Waals surface area contributed by atoms with Crippen molar-refractivity contribution < 1.29 is 9.59 Å². The minimum atomic E-state index is -0.760. The molecule has 0 aliphatic carbocycles. The Morgan fingerprint density at radius 2 is 2.00 bits per heavy atom. The van der Waals surface area contributed by atoms with Crippen LogP contribution in [0.1, 0.15) is 19.8 Å². The van der Waals surface area contributed by atoms with Gasteiger partial charge in [-0.2, -0.15) is 0 Å². The lowest BCUT2D eigenvalue weighted by Crippen LogP contribution is -2.44. The van der Waals surface area contributed by atoms with Crippen molar-refractivity contribution in [1.29, 1.82) is 0 Å². The van der Waals surface area contributed by atoms with Gasteiger partial charge in [-0.3, -0.25) is 10.2 Å². The number of primary amides is 1. The maximum Gasteiger partial charge on any atom is 0.330 e. The van der Waals surface area contributed by atoms with Crippen LogP contribution in [0.5, 0.6) is 0 Å². The summed E-state index contributed by atoms with van der Waals surface area (Å²) in [5, 5.41) is 0. The first kappa shape index (κ1) is 8.74. The lowest BCUT2D eigenvalue weighted by atomic mass is 10.3. The van der Waals surface area contributed by atoms with E-state index < -0.39 is 6.03 Å². The molecular weight excluding hydrogens is 134 g/mol. The Morgan fingerprint density at radius 1 is 1.40 bits per heavy atom. The standard InChI is InChI=1S/C5H11N3O2/c1-2-3-4(9)7-8-5(6)10/h2-3H2,1H3,(H,7,9)(H3,6,8,10). The van der Waals surface area contributed by atoms with Gasteiger partial charge in [0, 0.05) is 6.42 Å². The van der Waals surface area contributed by atoms with Crippen LogP contribution in [0.3, 0.4) is 0 Å². The average molecular weight is 145 g/mol. The summed E-state index contributed by atoms with van der Waals surface area (Å²) in [4.78, 5) is 20.6. The molecule has 10 heavy (non-hydrogen) atoms. The summed E-state index contributed by atoms with van der Waals surface area (Å²) in [7, 11) is 0. The highest BCUT2D eigenvalue weighted by Crippen LogP contribution is 1.82. The molecular formula is C5H11N3O2. The molecule has 0 saturated carbocycles. The molecule has 3 amide bonds. The molecule has 4 N–H and O–H groups in total. The number of carbonyl (C=O) groups excluding carboxylic acids is 2. The average Bonchev–Trinajstić information content (AvgIpc) is 1.85. The van der Waals surface area contributed by atoms with Gasteiger partial charge in [-0.05, 0) is 6.42 Å². The number of hydrogen-bond acceptors (Lipinski definition) is 2. The number of rotatable bonds is 2. The van der Waals surface area contributed by atoms with Crippen LogP contribution in [0.2, 0.25) is 0 Å². The van der Waals surface area contributed by atoms with Crippen molar-refractivity contribution in [3.63, 3.8) is 0 Å². The van der Waals surface area contributed by atoms with Crippen LogP contribution in [0, 0.1) is 0 Å². The number of hydrazine groups is 1. The van der Waals surface area contributed by atoms with Crippen molar-refractivity contribution in [2.45, 2.75) is 19.8 Å². The van der Waals surface area contributed by atoms with Gasteiger partial charge in [0.15, 0.2) is 0 Å². The molecule has 58 valence electrons. The maximum absolute atomic E-state index is 10.6. The fourth-order valence-electron chi connectivity index (χ4n) is 0.421. The van der Waals surface area contributed by atoms with Crippen molar-refractivity contribution in [3.8, 4) is 0 Å². The maximum atomic E-state index is 10.6. The SMILES string of the molecule is CCCC(=O)NNC(N)=O. The third-order valence-electron chi connectivity index (χ3n) is 0.802. The molecule has 0 saturated heterocycles. The molecule has 0 aromatic carbocycles. The first-order valence-electron chi connectivity index (χ1n) is 3.01. The van der Waals surface area contributed by atoms with Gasteiger partial charge in [0.25, 0.3) is 0 Å². The molecule has 0 aliphatic heterocycles. The van der Waals surface area contributed by atoms with Crippen LogP contribution in [0.25, 0.3) is 0 Å². The van der Waals surface area contributed by atoms with E-state index in [1.54, 1.807) is 0 Å². The van der Waals surface area contributed by atoms with Gasteiger partial charge >= 0.3 is 6.03 Å². The summed E-state index contributed by atoms with van der Waals surface area (Å²) in [6, 6.07) is -0.760. The van der Waals surface area contributed by atoms with E-state index in [1.807, 2.05) is 12.3 Å². The van der Waals surface area contributed by atoms with E-state index in [0.717, 1.165) is 6.42 Å². The number of nitrogens with one attached hydrogen (secondary N) is 2. The molecule has 0 aliphatic rings. The summed E-state index contributed by atoms with van der Waals surface area (Å²) in [5.41, 5.74) is 8.76. The topological polar surface area (TPSA) is 84.2 Å². The molecule has 5 heteroatoms. The van der Waals surface area contributed by atoms with E-state index in [0.29, 0.717) is 6.42 Å². The second kappa shape index (κ2) is 4.60. The Morgan fingerprint density at radius 3 is 2.40 bits per heavy atom. The quantitative estimate of drug-likeness (QED) is 0.457. The molecule has 0 bridgehead atoms. The van der Waals surface area contributed by atoms with E-state index in [2.05, 4.69) is 11.2 Å². The molecule has 0 aromatic rings. The summed E-state index contributed by atoms with van der Waals surface area (Å²) < 4.78 is 0. The summed E-state index contributed by atoms with van der Waals surface area (Å²) in [6.07, 6.45) is 1.13. The van der Waals surface area contributed by atoms with Gasteiger partial charge in [-0.1, -0.05) is 6.92 Å². The zero-order valence-corrected chi connectivity index (χ0v) is 5.81. The second-order valence-corrected chi connectivity index (χ2v) is 1.79. The fourth-order valence-corrected chi connectivity index (χ4v) is 0.421. The molecule has 0 heterocycles. The van der Waals surface area contributed by atoms with Crippen molar-refractivity contribution in [3.05, 3.63) is 0 Å². The van der Waals surface area contributed by atoms with E-state index in [4.69, 9.17) is 0 Å². The highest BCUT2D eigenvalue weighted by atomic mass is 16.2. The highest BCUT2D eigenvalue weighted by molar-refractivity contribution is 5.80. The van der Waals surface area contributed by atoms with E-state index >= 15 is 0 Å². The molecule has 0 spiro atoms. The van der Waals surface area contributed by atoms with Crippen LogP contribution in [0.4, 0.5) is 4.79 Å². The predicted octanol–water partition coefficient (Wildman–Crippen LogP) is -0.514. The number of carbonyl (C=O) groups is 2. The minimum Gasteiger partial charge on any atom is -0.350 e. The summed E-state index contributed by atoms with van der Waals surface area (Å²) in [5.74, 6) is -0.235. The normalized spacial score (nSPS) is 8.50. The zero-order valence-electron chi connectivity index (χ0n) is 5.81. The number of nitrogens with two attached hydrogens (primary N) is 1. The monoisotopic (exact) mass is 145 g/mol. The van der Waals surface area contributed by atoms with Crippen molar-refractivity contribution in [2.24, 2.45) is 5.73 Å². The van der Waals surface area contributed by atoms with Crippen LogP contribution >= 0.6 is 0 Å². The fraction of sp³-hybridized carbons (Fsp3) is 0.600. The molecule has 0 radical (unpaired) electrons. The van der Waals surface area contributed by atoms with Gasteiger partial charge < -0.3 is 5.73 Å². The van der Waals surface area contributed by atoms with E-state index in [-0.39, 0.29) is 5.91 Å². The third kappa shape index (κ3) is 4.89. The molecule has 0 unspecified atom stereocenters. The lowest BCUT2D eigenvalue weighted by Gasteiger charge is -2.01. The third-order valence-corrected chi connectivity index (χ3v) is 0.802. The minimum absolute atomic E-state index is 0.235. The van der Waals surface area contributed by atoms with Crippen LogP contribution in [-0.2, 0) is 4.79 Å². The van der Waals surface area contributed by atoms with Crippen molar-refractivity contribution in [1.82, 2.24) is 10.9 Å². The van der Waals surface area contributed by atoms with Gasteiger partial charge in [-0.15, -0.1) is 0 Å². The van der Waals surface area contributed by atoms with Crippen LogP contribution < -0.4 is 16.6 Å². The first-order valence-corrected chi connectivity index (χ1v) is 3.01. The molecule has 5 nitrogen and oxygen atoms in total. The zero-order chi connectivity index (χ0) is 7.98. The molecule has 0 fully saturated rings. The Hall–Kier alpha value is -1.26. The van der Waals surface area contributed by atoms with E-state index in [1.165, 1.54) is 0 Å². The highest BCUT2D eigenvalue weighted by Gasteiger charge is 1.97. The molecule has 0 rings (SSSR count). The van der Waals surface area contributed by atoms with Crippen LogP contribution in [0.15, 0.2) is 0 Å². The largest absolute Gasteiger partial charge is 0.350 e. The number of urea groups is 1. The van der Waals surface area contributed by atoms with E-state index in [9.17, 15) is 9.59 Å². The van der Waals surface area contributed by atoms with Crippen molar-refractivity contribution >= 4 is 11.9 Å².